The van der Waals surface area contributed by atoms with Gasteiger partial charge >= 0.3 is 0 Å². The molecule has 0 N–H and O–H groups in total. The predicted molar refractivity (Wildman–Crippen MR) is 84.5 cm³/mol. The van der Waals surface area contributed by atoms with Gasteiger partial charge in [-0.3, -0.25) is 4.90 Å². The quantitative estimate of drug-likeness (QED) is 0.610. The molecule has 0 atom stereocenters. The molecule has 0 heterocycles. The van der Waals surface area contributed by atoms with E-state index in [0.29, 0.717) is 6.61 Å². The van der Waals surface area contributed by atoms with Gasteiger partial charge in [0, 0.05) is 19.6 Å². The Morgan fingerprint density at radius 2 is 1.70 bits per heavy atom. The summed E-state index contributed by atoms with van der Waals surface area (Å²) in [5, 5.41) is 0. The maximum Gasteiger partial charge on any atom is 0.161 e. The molecule has 0 unspecified atom stereocenters. The Bertz CT molecular complexity index is 405. The minimum absolute atomic E-state index is 0.137. The molecule has 0 aliphatic carbocycles. The maximum atomic E-state index is 5.83. The Labute approximate surface area is 122 Å². The van der Waals surface area contributed by atoms with Crippen LogP contribution in [0.5, 0.6) is 11.5 Å². The van der Waals surface area contributed by atoms with E-state index in [0.717, 1.165) is 31.1 Å². The highest BCUT2D eigenvalue weighted by molar-refractivity contribution is 5.39. The SMILES string of the molecule is C=CCN(CC=C)CCOc1ccccc1OC(C)C. The van der Waals surface area contributed by atoms with Gasteiger partial charge in [-0.05, 0) is 26.0 Å². The number of nitrogens with zero attached hydrogens (tertiary/aromatic N) is 1. The summed E-state index contributed by atoms with van der Waals surface area (Å²) in [6.07, 6.45) is 3.91. The Morgan fingerprint density at radius 1 is 1.10 bits per heavy atom. The number of hydrogen-bond acceptors (Lipinski definition) is 3. The lowest BCUT2D eigenvalue weighted by atomic mass is 10.3. The van der Waals surface area contributed by atoms with Crippen molar-refractivity contribution < 1.29 is 9.47 Å². The molecule has 0 bridgehead atoms. The lowest BCUT2D eigenvalue weighted by Crippen LogP contribution is -2.28. The fourth-order valence-corrected chi connectivity index (χ4v) is 1.83. The number of ether oxygens (including phenoxy) is 2. The van der Waals surface area contributed by atoms with Crippen LogP contribution in [-0.4, -0.2) is 37.2 Å². The van der Waals surface area contributed by atoms with Gasteiger partial charge in [-0.15, -0.1) is 13.2 Å². The first-order chi connectivity index (χ1) is 9.67. The van der Waals surface area contributed by atoms with E-state index in [-0.39, 0.29) is 6.10 Å². The second-order valence-electron chi connectivity index (χ2n) is 4.80. The van der Waals surface area contributed by atoms with E-state index >= 15 is 0 Å². The molecule has 1 aromatic carbocycles. The molecule has 0 aromatic heterocycles. The number of rotatable bonds is 10. The highest BCUT2D eigenvalue weighted by Crippen LogP contribution is 2.27. The summed E-state index contributed by atoms with van der Waals surface area (Å²) in [5.74, 6) is 1.58. The second kappa shape index (κ2) is 9.21. The highest BCUT2D eigenvalue weighted by Gasteiger charge is 2.07. The minimum Gasteiger partial charge on any atom is -0.488 e. The normalized spacial score (nSPS) is 10.6. The van der Waals surface area contributed by atoms with Crippen molar-refractivity contribution in [2.24, 2.45) is 0 Å². The fraction of sp³-hybridized carbons (Fsp3) is 0.412. The minimum atomic E-state index is 0.137. The van der Waals surface area contributed by atoms with Crippen LogP contribution < -0.4 is 9.47 Å². The van der Waals surface area contributed by atoms with Crippen molar-refractivity contribution in [1.29, 1.82) is 0 Å². The van der Waals surface area contributed by atoms with Crippen molar-refractivity contribution in [3.63, 3.8) is 0 Å². The molecular formula is C17H25NO2. The molecule has 3 heteroatoms. The zero-order valence-electron chi connectivity index (χ0n) is 12.5. The summed E-state index contributed by atoms with van der Waals surface area (Å²) < 4.78 is 11.6. The topological polar surface area (TPSA) is 21.7 Å². The van der Waals surface area contributed by atoms with Gasteiger partial charge in [0.25, 0.3) is 0 Å². The first kappa shape index (κ1) is 16.3. The standard InChI is InChI=1S/C17H25NO2/c1-5-11-18(12-6-2)13-14-19-16-9-7-8-10-17(16)20-15(3)4/h5-10,15H,1-2,11-14H2,3-4H3. The van der Waals surface area contributed by atoms with E-state index in [1.54, 1.807) is 0 Å². The molecular weight excluding hydrogens is 250 g/mol. The zero-order chi connectivity index (χ0) is 14.8. The van der Waals surface area contributed by atoms with Crippen LogP contribution in [0.25, 0.3) is 0 Å². The molecule has 0 radical (unpaired) electrons. The lowest BCUT2D eigenvalue weighted by Gasteiger charge is -2.20. The molecule has 0 amide bonds. The van der Waals surface area contributed by atoms with E-state index in [1.807, 2.05) is 50.3 Å². The van der Waals surface area contributed by atoms with Crippen LogP contribution in [0.4, 0.5) is 0 Å². The van der Waals surface area contributed by atoms with Crippen LogP contribution in [0.1, 0.15) is 13.8 Å². The third kappa shape index (κ3) is 5.93. The monoisotopic (exact) mass is 275 g/mol. The average Bonchev–Trinajstić information content (AvgIpc) is 2.40. The van der Waals surface area contributed by atoms with E-state index in [4.69, 9.17) is 9.47 Å². The van der Waals surface area contributed by atoms with Crippen LogP contribution >= 0.6 is 0 Å². The van der Waals surface area contributed by atoms with Crippen molar-refractivity contribution >= 4 is 0 Å². The predicted octanol–water partition coefficient (Wildman–Crippen LogP) is 3.53. The smallest absolute Gasteiger partial charge is 0.161 e. The second-order valence-corrected chi connectivity index (χ2v) is 4.80. The van der Waals surface area contributed by atoms with Crippen molar-refractivity contribution in [3.8, 4) is 11.5 Å². The van der Waals surface area contributed by atoms with Crippen molar-refractivity contribution in [2.45, 2.75) is 20.0 Å². The van der Waals surface area contributed by atoms with Crippen LogP contribution in [0.3, 0.4) is 0 Å². The van der Waals surface area contributed by atoms with E-state index < -0.39 is 0 Å². The summed E-state index contributed by atoms with van der Waals surface area (Å²) in [4.78, 5) is 2.21. The van der Waals surface area contributed by atoms with Gasteiger partial charge in [-0.2, -0.15) is 0 Å². The number of hydrogen-bond donors (Lipinski definition) is 0. The molecule has 1 aromatic rings. The van der Waals surface area contributed by atoms with E-state index in [1.165, 1.54) is 0 Å². The molecule has 0 fully saturated rings. The molecule has 20 heavy (non-hydrogen) atoms. The molecule has 3 nitrogen and oxygen atoms in total. The van der Waals surface area contributed by atoms with Gasteiger partial charge in [0.2, 0.25) is 0 Å². The van der Waals surface area contributed by atoms with Crippen molar-refractivity contribution in [3.05, 3.63) is 49.6 Å². The summed E-state index contributed by atoms with van der Waals surface area (Å²) >= 11 is 0. The molecule has 0 aliphatic heterocycles. The number of para-hydroxylation sites is 2. The van der Waals surface area contributed by atoms with Crippen molar-refractivity contribution in [2.75, 3.05) is 26.2 Å². The van der Waals surface area contributed by atoms with E-state index in [2.05, 4.69) is 18.1 Å². The molecule has 0 spiro atoms. The van der Waals surface area contributed by atoms with Crippen LogP contribution in [0.2, 0.25) is 0 Å². The van der Waals surface area contributed by atoms with Gasteiger partial charge in [0.15, 0.2) is 11.5 Å². The summed E-state index contributed by atoms with van der Waals surface area (Å²) in [6.45, 7) is 14.6. The Hall–Kier alpha value is -1.74. The summed E-state index contributed by atoms with van der Waals surface area (Å²) in [6, 6.07) is 7.77. The first-order valence-electron chi connectivity index (χ1n) is 7.00. The Balaban J connectivity index is 2.51. The molecule has 1 rings (SSSR count). The van der Waals surface area contributed by atoms with Gasteiger partial charge in [0.05, 0.1) is 6.10 Å². The fourth-order valence-electron chi connectivity index (χ4n) is 1.83. The Kier molecular flexibility index (Phi) is 7.51. The van der Waals surface area contributed by atoms with Gasteiger partial charge < -0.3 is 9.47 Å². The van der Waals surface area contributed by atoms with Crippen LogP contribution in [-0.2, 0) is 0 Å². The van der Waals surface area contributed by atoms with E-state index in [9.17, 15) is 0 Å². The summed E-state index contributed by atoms with van der Waals surface area (Å²) in [5.41, 5.74) is 0. The van der Waals surface area contributed by atoms with Crippen LogP contribution in [0, 0.1) is 0 Å². The molecule has 0 saturated heterocycles. The van der Waals surface area contributed by atoms with Gasteiger partial charge in [-0.25, -0.2) is 0 Å². The molecule has 0 saturated carbocycles. The maximum absolute atomic E-state index is 5.83. The molecule has 0 aliphatic rings. The van der Waals surface area contributed by atoms with Gasteiger partial charge in [-0.1, -0.05) is 24.3 Å². The molecule has 110 valence electrons. The first-order valence-corrected chi connectivity index (χ1v) is 7.00. The Morgan fingerprint density at radius 3 is 2.25 bits per heavy atom. The number of benzene rings is 1. The highest BCUT2D eigenvalue weighted by atomic mass is 16.5. The summed E-state index contributed by atoms with van der Waals surface area (Å²) in [7, 11) is 0. The lowest BCUT2D eigenvalue weighted by molar-refractivity contribution is 0.204. The van der Waals surface area contributed by atoms with Gasteiger partial charge in [0.1, 0.15) is 6.61 Å². The third-order valence-corrected chi connectivity index (χ3v) is 2.65. The largest absolute Gasteiger partial charge is 0.488 e. The third-order valence-electron chi connectivity index (χ3n) is 2.65. The average molecular weight is 275 g/mol. The van der Waals surface area contributed by atoms with Crippen molar-refractivity contribution in [1.82, 2.24) is 4.90 Å². The zero-order valence-corrected chi connectivity index (χ0v) is 12.5. The van der Waals surface area contributed by atoms with Crippen LogP contribution in [0.15, 0.2) is 49.6 Å².